The van der Waals surface area contributed by atoms with E-state index in [1.54, 1.807) is 17.0 Å². The largest absolute Gasteiger partial charge is 0.352 e. The van der Waals surface area contributed by atoms with Crippen LogP contribution in [0.15, 0.2) is 23.1 Å². The first-order valence-electron chi connectivity index (χ1n) is 11.3. The first-order chi connectivity index (χ1) is 14.9. The van der Waals surface area contributed by atoms with Gasteiger partial charge in [0.2, 0.25) is 21.8 Å². The van der Waals surface area contributed by atoms with Gasteiger partial charge < -0.3 is 10.2 Å². The number of carbonyl (C=O) groups is 2. The number of hydrogen-bond acceptors (Lipinski definition) is 5. The van der Waals surface area contributed by atoms with Crippen LogP contribution in [0.3, 0.4) is 0 Å². The number of piperazine rings is 1. The number of nitrogens with one attached hydrogen (secondary N) is 2. The van der Waals surface area contributed by atoms with Gasteiger partial charge in [-0.3, -0.25) is 14.5 Å². The Morgan fingerprint density at radius 3 is 2.42 bits per heavy atom. The van der Waals surface area contributed by atoms with Crippen LogP contribution in [0.25, 0.3) is 0 Å². The summed E-state index contributed by atoms with van der Waals surface area (Å²) in [5.41, 5.74) is 2.36. The van der Waals surface area contributed by atoms with Gasteiger partial charge in [0.25, 0.3) is 0 Å². The lowest BCUT2D eigenvalue weighted by Gasteiger charge is -2.34. The molecule has 1 saturated heterocycles. The molecule has 9 heteroatoms. The number of fused-ring (bicyclic) bond motifs is 1. The molecule has 1 heterocycles. The molecule has 1 aromatic rings. The molecule has 0 radical (unpaired) electrons. The minimum absolute atomic E-state index is 0.0545. The summed E-state index contributed by atoms with van der Waals surface area (Å²) in [7, 11) is -3.62. The second-order valence-corrected chi connectivity index (χ2v) is 10.6. The molecule has 170 valence electrons. The SMILES string of the molecule is O=C(CN1CCN(C(=O)CCNS(=O)(=O)c2ccc3c(c2)CCCC3)CC1)NC1CC1. The van der Waals surface area contributed by atoms with E-state index in [2.05, 4.69) is 14.9 Å². The van der Waals surface area contributed by atoms with Gasteiger partial charge in [0, 0.05) is 45.2 Å². The standard InChI is InChI=1S/C22H32N4O4S/c27-21(24-19-6-7-19)16-25-11-13-26(14-12-25)22(28)9-10-23-31(29,30)20-8-5-17-3-1-2-4-18(17)15-20/h5,8,15,19,23H,1-4,6-7,9-14,16H2,(H,24,27). The predicted molar refractivity (Wildman–Crippen MR) is 117 cm³/mol. The molecule has 1 aliphatic heterocycles. The highest BCUT2D eigenvalue weighted by Gasteiger charge is 2.26. The zero-order chi connectivity index (χ0) is 21.8. The average molecular weight is 449 g/mol. The molecule has 1 saturated carbocycles. The van der Waals surface area contributed by atoms with E-state index in [4.69, 9.17) is 0 Å². The highest BCUT2D eigenvalue weighted by molar-refractivity contribution is 7.89. The van der Waals surface area contributed by atoms with E-state index in [1.807, 2.05) is 6.07 Å². The van der Waals surface area contributed by atoms with Gasteiger partial charge >= 0.3 is 0 Å². The van der Waals surface area contributed by atoms with Crippen molar-refractivity contribution < 1.29 is 18.0 Å². The normalized spacial score (nSPS) is 19.7. The average Bonchev–Trinajstić information content (AvgIpc) is 3.57. The quantitative estimate of drug-likeness (QED) is 0.609. The summed E-state index contributed by atoms with van der Waals surface area (Å²) in [5, 5.41) is 2.98. The monoisotopic (exact) mass is 448 g/mol. The van der Waals surface area contributed by atoms with Crippen molar-refractivity contribution in [3.8, 4) is 0 Å². The zero-order valence-electron chi connectivity index (χ0n) is 17.9. The molecule has 2 N–H and O–H groups in total. The number of benzene rings is 1. The maximum Gasteiger partial charge on any atom is 0.240 e. The van der Waals surface area contributed by atoms with Crippen LogP contribution >= 0.6 is 0 Å². The Kier molecular flexibility index (Phi) is 6.93. The van der Waals surface area contributed by atoms with Crippen LogP contribution in [-0.2, 0) is 32.5 Å². The Labute approximate surface area is 184 Å². The number of nitrogens with zero attached hydrogens (tertiary/aromatic N) is 2. The van der Waals surface area contributed by atoms with E-state index < -0.39 is 10.0 Å². The van der Waals surface area contributed by atoms with Gasteiger partial charge in [-0.2, -0.15) is 0 Å². The van der Waals surface area contributed by atoms with Crippen LogP contribution in [0.1, 0.15) is 43.2 Å². The summed E-state index contributed by atoms with van der Waals surface area (Å²) in [6.45, 7) is 2.90. The van der Waals surface area contributed by atoms with Crippen molar-refractivity contribution in [2.24, 2.45) is 0 Å². The maximum absolute atomic E-state index is 12.6. The summed E-state index contributed by atoms with van der Waals surface area (Å²) in [6, 6.07) is 5.71. The summed E-state index contributed by atoms with van der Waals surface area (Å²) in [4.78, 5) is 28.5. The summed E-state index contributed by atoms with van der Waals surface area (Å²) in [5.74, 6) is -0.00548. The van der Waals surface area contributed by atoms with Gasteiger partial charge in [-0.15, -0.1) is 0 Å². The number of rotatable bonds is 8. The molecular weight excluding hydrogens is 416 g/mol. The molecular formula is C22H32N4O4S. The predicted octanol–water partition coefficient (Wildman–Crippen LogP) is 0.657. The van der Waals surface area contributed by atoms with E-state index in [0.29, 0.717) is 38.8 Å². The number of carbonyl (C=O) groups excluding carboxylic acids is 2. The minimum Gasteiger partial charge on any atom is -0.352 e. The fourth-order valence-electron chi connectivity index (χ4n) is 4.27. The zero-order valence-corrected chi connectivity index (χ0v) is 18.8. The fourth-order valence-corrected chi connectivity index (χ4v) is 5.35. The topological polar surface area (TPSA) is 98.8 Å². The van der Waals surface area contributed by atoms with Crippen LogP contribution in [0, 0.1) is 0 Å². The lowest BCUT2D eigenvalue weighted by molar-refractivity contribution is -0.133. The lowest BCUT2D eigenvalue weighted by atomic mass is 9.92. The van der Waals surface area contributed by atoms with Crippen molar-refractivity contribution in [3.05, 3.63) is 29.3 Å². The first-order valence-corrected chi connectivity index (χ1v) is 12.8. The smallest absolute Gasteiger partial charge is 0.240 e. The van der Waals surface area contributed by atoms with Crippen molar-refractivity contribution in [2.75, 3.05) is 39.3 Å². The molecule has 8 nitrogen and oxygen atoms in total. The molecule has 0 bridgehead atoms. The van der Waals surface area contributed by atoms with Crippen molar-refractivity contribution >= 4 is 21.8 Å². The van der Waals surface area contributed by atoms with Crippen LogP contribution in [0.4, 0.5) is 0 Å². The molecule has 2 fully saturated rings. The second kappa shape index (κ2) is 9.67. The van der Waals surface area contributed by atoms with E-state index in [0.717, 1.165) is 44.1 Å². The molecule has 1 aromatic carbocycles. The Morgan fingerprint density at radius 1 is 1.00 bits per heavy atom. The van der Waals surface area contributed by atoms with Crippen molar-refractivity contribution in [3.63, 3.8) is 0 Å². The third-order valence-corrected chi connectivity index (χ3v) is 7.75. The third kappa shape index (κ3) is 6.05. The van der Waals surface area contributed by atoms with Crippen LogP contribution in [0.2, 0.25) is 0 Å². The Hall–Kier alpha value is -1.97. The number of amides is 2. The molecule has 0 spiro atoms. The Morgan fingerprint density at radius 2 is 1.71 bits per heavy atom. The number of sulfonamides is 1. The van der Waals surface area contributed by atoms with Gasteiger partial charge in [0.15, 0.2) is 0 Å². The van der Waals surface area contributed by atoms with Gasteiger partial charge in [0.05, 0.1) is 11.4 Å². The Bertz CT molecular complexity index is 921. The van der Waals surface area contributed by atoms with Crippen LogP contribution < -0.4 is 10.0 Å². The van der Waals surface area contributed by atoms with Crippen molar-refractivity contribution in [2.45, 2.75) is 55.9 Å². The summed E-state index contributed by atoms with van der Waals surface area (Å²) >= 11 is 0. The molecule has 0 aromatic heterocycles. The number of hydrogen-bond donors (Lipinski definition) is 2. The van der Waals surface area contributed by atoms with Gasteiger partial charge in [-0.1, -0.05) is 6.07 Å². The summed E-state index contributed by atoms with van der Waals surface area (Å²) in [6.07, 6.45) is 6.46. The molecule has 2 aliphatic carbocycles. The molecule has 2 amide bonds. The molecule has 0 unspecified atom stereocenters. The van der Waals surface area contributed by atoms with E-state index in [9.17, 15) is 18.0 Å². The van der Waals surface area contributed by atoms with Crippen molar-refractivity contribution in [1.82, 2.24) is 19.8 Å². The molecule has 3 aliphatic rings. The Balaban J connectivity index is 1.20. The van der Waals surface area contributed by atoms with Crippen molar-refractivity contribution in [1.29, 1.82) is 0 Å². The third-order valence-electron chi connectivity index (χ3n) is 6.30. The van der Waals surface area contributed by atoms with Gasteiger partial charge in [-0.25, -0.2) is 13.1 Å². The van der Waals surface area contributed by atoms with E-state index in [-0.39, 0.29) is 29.7 Å². The minimum atomic E-state index is -3.62. The fraction of sp³-hybridized carbons (Fsp3) is 0.636. The highest BCUT2D eigenvalue weighted by Crippen LogP contribution is 2.24. The highest BCUT2D eigenvalue weighted by atomic mass is 32.2. The van der Waals surface area contributed by atoms with Gasteiger partial charge in [-0.05, 0) is 61.8 Å². The first kappa shape index (κ1) is 22.2. The van der Waals surface area contributed by atoms with E-state index >= 15 is 0 Å². The van der Waals surface area contributed by atoms with Crippen LogP contribution in [0.5, 0.6) is 0 Å². The second-order valence-electron chi connectivity index (χ2n) is 8.78. The van der Waals surface area contributed by atoms with Gasteiger partial charge in [0.1, 0.15) is 0 Å². The summed E-state index contributed by atoms with van der Waals surface area (Å²) < 4.78 is 27.8. The molecule has 4 rings (SSSR count). The maximum atomic E-state index is 12.6. The molecule has 31 heavy (non-hydrogen) atoms. The lowest BCUT2D eigenvalue weighted by Crippen LogP contribution is -2.51. The van der Waals surface area contributed by atoms with E-state index in [1.165, 1.54) is 5.56 Å². The van der Waals surface area contributed by atoms with Crippen LogP contribution in [-0.4, -0.2) is 75.3 Å². The molecule has 0 atom stereocenters. The number of aryl methyl sites for hydroxylation is 2.